The first-order chi connectivity index (χ1) is 12.8. The molecule has 2 N–H and O–H groups in total. The lowest BCUT2D eigenvalue weighted by Crippen LogP contribution is -2.52. The van der Waals surface area contributed by atoms with Gasteiger partial charge in [0, 0.05) is 36.6 Å². The molecule has 5 nitrogen and oxygen atoms in total. The van der Waals surface area contributed by atoms with E-state index in [1.165, 1.54) is 5.56 Å². The van der Waals surface area contributed by atoms with E-state index in [9.17, 15) is 4.79 Å². The number of amides is 1. The number of benzene rings is 1. The summed E-state index contributed by atoms with van der Waals surface area (Å²) in [5.74, 6) is 0.281. The number of rotatable bonds is 5. The monoisotopic (exact) mass is 393 g/mol. The van der Waals surface area contributed by atoms with Gasteiger partial charge in [-0.2, -0.15) is 0 Å². The van der Waals surface area contributed by atoms with Crippen LogP contribution in [-0.2, 0) is 9.53 Å². The van der Waals surface area contributed by atoms with Crippen molar-refractivity contribution in [2.45, 2.75) is 51.3 Å². The lowest BCUT2D eigenvalue weighted by molar-refractivity contribution is -0.127. The van der Waals surface area contributed by atoms with Crippen LogP contribution in [0.5, 0.6) is 0 Å². The zero-order valence-corrected chi connectivity index (χ0v) is 17.4. The second-order valence-corrected chi connectivity index (χ2v) is 8.90. The van der Waals surface area contributed by atoms with Crippen LogP contribution in [0.25, 0.3) is 0 Å². The second-order valence-electron chi connectivity index (χ2n) is 8.47. The molecule has 0 saturated carbocycles. The quantitative estimate of drug-likeness (QED) is 0.807. The van der Waals surface area contributed by atoms with E-state index in [2.05, 4.69) is 48.4 Å². The van der Waals surface area contributed by atoms with E-state index < -0.39 is 0 Å². The molecule has 150 valence electrons. The summed E-state index contributed by atoms with van der Waals surface area (Å²) in [5, 5.41) is 7.37. The maximum absolute atomic E-state index is 12.7. The van der Waals surface area contributed by atoms with Crippen molar-refractivity contribution >= 4 is 17.5 Å². The van der Waals surface area contributed by atoms with Gasteiger partial charge in [0.15, 0.2) is 0 Å². The van der Waals surface area contributed by atoms with Crippen molar-refractivity contribution in [3.05, 3.63) is 34.9 Å². The molecule has 2 aliphatic rings. The van der Waals surface area contributed by atoms with Crippen molar-refractivity contribution in [3.8, 4) is 0 Å². The molecule has 1 unspecified atom stereocenters. The Balaban J connectivity index is 1.69. The van der Waals surface area contributed by atoms with E-state index >= 15 is 0 Å². The van der Waals surface area contributed by atoms with E-state index in [0.717, 1.165) is 37.5 Å². The molecule has 0 bridgehead atoms. The number of hydrogen-bond donors (Lipinski definition) is 2. The van der Waals surface area contributed by atoms with Gasteiger partial charge in [-0.25, -0.2) is 0 Å². The van der Waals surface area contributed by atoms with Gasteiger partial charge in [-0.1, -0.05) is 23.7 Å². The van der Waals surface area contributed by atoms with Gasteiger partial charge >= 0.3 is 0 Å². The Kier molecular flexibility index (Phi) is 6.79. The lowest BCUT2D eigenvalue weighted by atomic mass is 9.92. The third kappa shape index (κ3) is 5.67. The summed E-state index contributed by atoms with van der Waals surface area (Å²) in [7, 11) is 0. The molecule has 1 aromatic carbocycles. The summed E-state index contributed by atoms with van der Waals surface area (Å²) < 4.78 is 5.88. The highest BCUT2D eigenvalue weighted by Crippen LogP contribution is 2.27. The standard InChI is InChI=1S/C21H32ClN3O2/c1-15-12-17(8-9-23-15)20(26)24-13-19(16-4-6-18(22)7-5-16)25-10-11-27-21(2,3)14-25/h4-7,15,17,19,23H,8-14H2,1-3H3,(H,24,26)/t15-,17-,19?/m0/s1. The van der Waals surface area contributed by atoms with Crippen LogP contribution in [-0.4, -0.2) is 55.2 Å². The third-order valence-electron chi connectivity index (χ3n) is 5.61. The number of nitrogens with zero attached hydrogens (tertiary/aromatic N) is 1. The topological polar surface area (TPSA) is 53.6 Å². The summed E-state index contributed by atoms with van der Waals surface area (Å²) in [6.45, 7) is 10.3. The van der Waals surface area contributed by atoms with Crippen LogP contribution in [0.15, 0.2) is 24.3 Å². The van der Waals surface area contributed by atoms with Crippen molar-refractivity contribution in [2.24, 2.45) is 5.92 Å². The Morgan fingerprint density at radius 1 is 1.41 bits per heavy atom. The molecule has 1 amide bonds. The molecule has 3 rings (SSSR count). The summed E-state index contributed by atoms with van der Waals surface area (Å²) >= 11 is 6.08. The highest BCUT2D eigenvalue weighted by atomic mass is 35.5. The van der Waals surface area contributed by atoms with Crippen LogP contribution >= 0.6 is 11.6 Å². The molecule has 3 atom stereocenters. The number of carbonyl (C=O) groups excluding carboxylic acids is 1. The highest BCUT2D eigenvalue weighted by Gasteiger charge is 2.33. The largest absolute Gasteiger partial charge is 0.373 e. The number of halogens is 1. The van der Waals surface area contributed by atoms with Gasteiger partial charge in [-0.05, 0) is 57.9 Å². The van der Waals surface area contributed by atoms with Gasteiger partial charge in [0.1, 0.15) is 0 Å². The van der Waals surface area contributed by atoms with Gasteiger partial charge in [-0.3, -0.25) is 9.69 Å². The predicted molar refractivity (Wildman–Crippen MR) is 109 cm³/mol. The number of piperidine rings is 1. The predicted octanol–water partition coefficient (Wildman–Crippen LogP) is 3.00. The van der Waals surface area contributed by atoms with Gasteiger partial charge in [0.05, 0.1) is 18.2 Å². The fourth-order valence-electron chi connectivity index (χ4n) is 4.17. The summed E-state index contributed by atoms with van der Waals surface area (Å²) in [6, 6.07) is 8.50. The summed E-state index contributed by atoms with van der Waals surface area (Å²) in [6.07, 6.45) is 1.81. The van der Waals surface area contributed by atoms with Crippen LogP contribution in [0.1, 0.15) is 45.2 Å². The zero-order valence-electron chi connectivity index (χ0n) is 16.6. The lowest BCUT2D eigenvalue weighted by Gasteiger charge is -2.42. The Bertz CT molecular complexity index is 635. The van der Waals surface area contributed by atoms with Gasteiger partial charge in [-0.15, -0.1) is 0 Å². The van der Waals surface area contributed by atoms with Crippen molar-refractivity contribution in [2.75, 3.05) is 32.8 Å². The molecule has 2 heterocycles. The SMILES string of the molecule is C[C@H]1C[C@@H](C(=O)NCC(c2ccc(Cl)cc2)N2CCOC(C)(C)C2)CCN1. The van der Waals surface area contributed by atoms with Crippen molar-refractivity contribution in [1.29, 1.82) is 0 Å². The van der Waals surface area contributed by atoms with Gasteiger partial charge < -0.3 is 15.4 Å². The molecule has 2 aliphatic heterocycles. The molecule has 0 aliphatic carbocycles. The van der Waals surface area contributed by atoms with E-state index in [4.69, 9.17) is 16.3 Å². The first-order valence-corrected chi connectivity index (χ1v) is 10.4. The third-order valence-corrected chi connectivity index (χ3v) is 5.87. The van der Waals surface area contributed by atoms with Crippen LogP contribution < -0.4 is 10.6 Å². The van der Waals surface area contributed by atoms with E-state index in [1.807, 2.05) is 12.1 Å². The minimum atomic E-state index is -0.183. The van der Waals surface area contributed by atoms with Gasteiger partial charge in [0.25, 0.3) is 0 Å². The first-order valence-electron chi connectivity index (χ1n) is 9.98. The van der Waals surface area contributed by atoms with Crippen LogP contribution in [0.4, 0.5) is 0 Å². The van der Waals surface area contributed by atoms with Crippen LogP contribution in [0.3, 0.4) is 0 Å². The number of carbonyl (C=O) groups is 1. The van der Waals surface area contributed by atoms with Gasteiger partial charge in [0.2, 0.25) is 5.91 Å². The molecule has 2 fully saturated rings. The zero-order chi connectivity index (χ0) is 19.4. The molecule has 6 heteroatoms. The smallest absolute Gasteiger partial charge is 0.223 e. The van der Waals surface area contributed by atoms with Crippen LogP contribution in [0, 0.1) is 5.92 Å². The number of ether oxygens (including phenoxy) is 1. The van der Waals surface area contributed by atoms with E-state index in [0.29, 0.717) is 19.2 Å². The molecule has 1 aromatic rings. The van der Waals surface area contributed by atoms with Crippen molar-refractivity contribution in [3.63, 3.8) is 0 Å². The highest BCUT2D eigenvalue weighted by molar-refractivity contribution is 6.30. The van der Waals surface area contributed by atoms with E-state index in [-0.39, 0.29) is 23.5 Å². The number of morpholine rings is 1. The van der Waals surface area contributed by atoms with Crippen LogP contribution in [0.2, 0.25) is 5.02 Å². The number of hydrogen-bond acceptors (Lipinski definition) is 4. The maximum atomic E-state index is 12.7. The van der Waals surface area contributed by atoms with Crippen molar-refractivity contribution in [1.82, 2.24) is 15.5 Å². The maximum Gasteiger partial charge on any atom is 0.223 e. The average molecular weight is 394 g/mol. The molecular formula is C21H32ClN3O2. The summed E-state index contributed by atoms with van der Waals surface area (Å²) in [4.78, 5) is 15.2. The minimum absolute atomic E-state index is 0.105. The summed E-state index contributed by atoms with van der Waals surface area (Å²) in [5.41, 5.74) is 0.994. The minimum Gasteiger partial charge on any atom is -0.373 e. The fraction of sp³-hybridized carbons (Fsp3) is 0.667. The normalized spacial score (nSPS) is 27.1. The molecule has 27 heavy (non-hydrogen) atoms. The Labute approximate surface area is 167 Å². The van der Waals surface area contributed by atoms with E-state index in [1.54, 1.807) is 0 Å². The Morgan fingerprint density at radius 3 is 2.81 bits per heavy atom. The Hall–Kier alpha value is -1.14. The van der Waals surface area contributed by atoms with Crippen molar-refractivity contribution < 1.29 is 9.53 Å². The molecule has 0 aromatic heterocycles. The molecule has 0 radical (unpaired) electrons. The molecular weight excluding hydrogens is 362 g/mol. The number of nitrogens with one attached hydrogen (secondary N) is 2. The molecule has 0 spiro atoms. The average Bonchev–Trinajstić information content (AvgIpc) is 2.62. The first kappa shape index (κ1) is 20.6. The fourth-order valence-corrected chi connectivity index (χ4v) is 4.30. The Morgan fingerprint density at radius 2 is 2.15 bits per heavy atom. The molecule has 2 saturated heterocycles. The second kappa shape index (κ2) is 8.91.